The number of carbonyl (C=O) groups is 3. The van der Waals surface area contributed by atoms with E-state index < -0.39 is 35.3 Å². The van der Waals surface area contributed by atoms with E-state index in [1.807, 2.05) is 19.1 Å². The van der Waals surface area contributed by atoms with Crippen molar-refractivity contribution in [1.29, 1.82) is 0 Å². The van der Waals surface area contributed by atoms with Crippen molar-refractivity contribution in [3.8, 4) is 11.5 Å². The molecule has 2 amide bonds. The Hall–Kier alpha value is -3.39. The first kappa shape index (κ1) is 23.8. The molecule has 8 nitrogen and oxygen atoms in total. The molecule has 8 heteroatoms. The monoisotopic (exact) mass is 466 g/mol. The molecule has 2 saturated heterocycles. The Balaban J connectivity index is 1.89. The van der Waals surface area contributed by atoms with Crippen molar-refractivity contribution in [3.05, 3.63) is 54.1 Å². The maximum absolute atomic E-state index is 13.8. The van der Waals surface area contributed by atoms with E-state index in [1.54, 1.807) is 50.4 Å². The van der Waals surface area contributed by atoms with Crippen LogP contribution in [-0.4, -0.2) is 44.1 Å². The lowest BCUT2D eigenvalue weighted by Gasteiger charge is -2.32. The highest BCUT2D eigenvalue weighted by atomic mass is 16.5. The Labute approximate surface area is 199 Å². The average molecular weight is 467 g/mol. The van der Waals surface area contributed by atoms with E-state index in [0.29, 0.717) is 35.6 Å². The lowest BCUT2D eigenvalue weighted by atomic mass is 9.77. The van der Waals surface area contributed by atoms with Gasteiger partial charge in [-0.15, -0.1) is 0 Å². The van der Waals surface area contributed by atoms with Crippen molar-refractivity contribution in [2.24, 2.45) is 11.8 Å². The molecule has 34 heavy (non-hydrogen) atoms. The number of ether oxygens (including phenoxy) is 3. The first-order valence-corrected chi connectivity index (χ1v) is 11.5. The Bertz CT molecular complexity index is 1090. The third kappa shape index (κ3) is 3.62. The first-order chi connectivity index (χ1) is 16.4. The molecule has 4 rings (SSSR count). The van der Waals surface area contributed by atoms with Crippen molar-refractivity contribution < 1.29 is 28.6 Å². The second-order valence-corrected chi connectivity index (χ2v) is 8.52. The van der Waals surface area contributed by atoms with Crippen LogP contribution < -0.4 is 19.7 Å². The summed E-state index contributed by atoms with van der Waals surface area (Å²) in [5.74, 6) is -1.87. The van der Waals surface area contributed by atoms with Crippen LogP contribution in [0.5, 0.6) is 11.5 Å². The molecular formula is C26H30N2O6. The van der Waals surface area contributed by atoms with Crippen molar-refractivity contribution in [2.75, 3.05) is 25.7 Å². The summed E-state index contributed by atoms with van der Waals surface area (Å²) in [4.78, 5) is 42.3. The molecule has 1 N–H and O–H groups in total. The van der Waals surface area contributed by atoms with Crippen LogP contribution in [0.2, 0.25) is 0 Å². The van der Waals surface area contributed by atoms with E-state index >= 15 is 0 Å². The summed E-state index contributed by atoms with van der Waals surface area (Å²) in [6.45, 7) is 3.84. The molecule has 4 atom stereocenters. The number of anilines is 1. The zero-order valence-electron chi connectivity index (χ0n) is 19.9. The van der Waals surface area contributed by atoms with E-state index in [-0.39, 0.29) is 12.5 Å². The molecule has 2 fully saturated rings. The number of esters is 1. The molecule has 0 bridgehead atoms. The van der Waals surface area contributed by atoms with Crippen LogP contribution in [0.4, 0.5) is 5.69 Å². The molecule has 180 valence electrons. The zero-order valence-corrected chi connectivity index (χ0v) is 19.9. The van der Waals surface area contributed by atoms with Gasteiger partial charge in [0.2, 0.25) is 11.8 Å². The SMILES string of the molecule is CCC[C@]1(C(=O)OCC)N[C@@H](c2ccc(OC)cc2OC)[C@H]2C(=O)N(c3ccccc3)C(=O)[C@H]21. The van der Waals surface area contributed by atoms with Gasteiger partial charge < -0.3 is 14.2 Å². The van der Waals surface area contributed by atoms with E-state index in [0.717, 1.165) is 0 Å². The Morgan fingerprint density at radius 1 is 1.03 bits per heavy atom. The highest BCUT2D eigenvalue weighted by molar-refractivity contribution is 6.24. The lowest BCUT2D eigenvalue weighted by molar-refractivity contribution is -0.155. The van der Waals surface area contributed by atoms with Crippen molar-refractivity contribution >= 4 is 23.5 Å². The van der Waals surface area contributed by atoms with Crippen LogP contribution in [0.25, 0.3) is 0 Å². The third-order valence-electron chi connectivity index (χ3n) is 6.73. The number of nitrogens with one attached hydrogen (secondary N) is 1. The van der Waals surface area contributed by atoms with Gasteiger partial charge in [0, 0.05) is 17.7 Å². The van der Waals surface area contributed by atoms with Gasteiger partial charge in [-0.05, 0) is 31.5 Å². The number of imide groups is 1. The van der Waals surface area contributed by atoms with Crippen LogP contribution >= 0.6 is 0 Å². The summed E-state index contributed by atoms with van der Waals surface area (Å²) >= 11 is 0. The largest absolute Gasteiger partial charge is 0.497 e. The molecule has 2 aliphatic heterocycles. The van der Waals surface area contributed by atoms with Gasteiger partial charge in [0.1, 0.15) is 17.0 Å². The van der Waals surface area contributed by atoms with E-state index in [9.17, 15) is 14.4 Å². The minimum atomic E-state index is -1.33. The number of hydrogen-bond acceptors (Lipinski definition) is 7. The number of fused-ring (bicyclic) bond motifs is 1. The van der Waals surface area contributed by atoms with Crippen molar-refractivity contribution in [1.82, 2.24) is 5.32 Å². The summed E-state index contributed by atoms with van der Waals surface area (Å²) in [5.41, 5.74) is -0.167. The summed E-state index contributed by atoms with van der Waals surface area (Å²) < 4.78 is 16.4. The molecular weight excluding hydrogens is 436 g/mol. The molecule has 0 saturated carbocycles. The number of benzene rings is 2. The quantitative estimate of drug-likeness (QED) is 0.471. The second kappa shape index (κ2) is 9.46. The Morgan fingerprint density at radius 3 is 2.38 bits per heavy atom. The second-order valence-electron chi connectivity index (χ2n) is 8.52. The molecule has 0 aliphatic carbocycles. The molecule has 0 aromatic heterocycles. The van der Waals surface area contributed by atoms with E-state index in [4.69, 9.17) is 14.2 Å². The van der Waals surface area contributed by atoms with Gasteiger partial charge in [0.05, 0.1) is 38.3 Å². The van der Waals surface area contributed by atoms with Gasteiger partial charge in [-0.3, -0.25) is 19.7 Å². The van der Waals surface area contributed by atoms with E-state index in [1.165, 1.54) is 12.0 Å². The molecule has 0 unspecified atom stereocenters. The fraction of sp³-hybridized carbons (Fsp3) is 0.423. The summed E-state index contributed by atoms with van der Waals surface area (Å²) in [6.07, 6.45) is 0.970. The van der Waals surface area contributed by atoms with Crippen molar-refractivity contribution in [2.45, 2.75) is 38.3 Å². The molecule has 2 aliphatic rings. The van der Waals surface area contributed by atoms with Gasteiger partial charge in [-0.1, -0.05) is 37.6 Å². The average Bonchev–Trinajstić information content (AvgIpc) is 3.33. The molecule has 2 aromatic rings. The summed E-state index contributed by atoms with van der Waals surface area (Å²) in [5, 5.41) is 3.39. The van der Waals surface area contributed by atoms with Gasteiger partial charge in [-0.2, -0.15) is 0 Å². The number of methoxy groups -OCH3 is 2. The smallest absolute Gasteiger partial charge is 0.327 e. The van der Waals surface area contributed by atoms with Crippen LogP contribution in [0.3, 0.4) is 0 Å². The molecule has 2 heterocycles. The van der Waals surface area contributed by atoms with Gasteiger partial charge >= 0.3 is 5.97 Å². The summed E-state index contributed by atoms with van der Waals surface area (Å²) in [7, 11) is 3.09. The minimum Gasteiger partial charge on any atom is -0.497 e. The predicted octanol–water partition coefficient (Wildman–Crippen LogP) is 3.26. The zero-order chi connectivity index (χ0) is 24.5. The topological polar surface area (TPSA) is 94.2 Å². The number of rotatable bonds is 8. The lowest BCUT2D eigenvalue weighted by Crippen LogP contribution is -2.56. The van der Waals surface area contributed by atoms with E-state index in [2.05, 4.69) is 5.32 Å². The number of amides is 2. The summed E-state index contributed by atoms with van der Waals surface area (Å²) in [6, 6.07) is 13.5. The molecule has 2 aromatic carbocycles. The number of para-hydroxylation sites is 1. The predicted molar refractivity (Wildman–Crippen MR) is 126 cm³/mol. The fourth-order valence-corrected chi connectivity index (χ4v) is 5.35. The maximum Gasteiger partial charge on any atom is 0.327 e. The van der Waals surface area contributed by atoms with Crippen LogP contribution in [0.15, 0.2) is 48.5 Å². The van der Waals surface area contributed by atoms with Crippen LogP contribution in [0.1, 0.15) is 38.3 Å². The first-order valence-electron chi connectivity index (χ1n) is 11.5. The minimum absolute atomic E-state index is 0.171. The van der Waals surface area contributed by atoms with Crippen LogP contribution in [0, 0.1) is 11.8 Å². The maximum atomic E-state index is 13.8. The standard InChI is InChI=1S/C26H30N2O6/c1-5-14-26(25(31)34-6-2)21-20(23(29)28(24(21)30)16-10-8-7-9-11-16)22(27-26)18-13-12-17(32-3)15-19(18)33-4/h7-13,15,20-22,27H,5-6,14H2,1-4H3/t20-,21-,22-,26-/m0/s1. The third-order valence-corrected chi connectivity index (χ3v) is 6.73. The number of nitrogens with zero attached hydrogens (tertiary/aromatic N) is 1. The highest BCUT2D eigenvalue weighted by Crippen LogP contribution is 2.53. The Morgan fingerprint density at radius 2 is 1.76 bits per heavy atom. The van der Waals surface area contributed by atoms with Gasteiger partial charge in [-0.25, -0.2) is 4.90 Å². The van der Waals surface area contributed by atoms with Gasteiger partial charge in [0.25, 0.3) is 0 Å². The normalized spacial score (nSPS) is 25.9. The van der Waals surface area contributed by atoms with Crippen LogP contribution in [-0.2, 0) is 19.1 Å². The highest BCUT2D eigenvalue weighted by Gasteiger charge is 2.68. The Kier molecular flexibility index (Phi) is 6.61. The number of hydrogen-bond donors (Lipinski definition) is 1. The fourth-order valence-electron chi connectivity index (χ4n) is 5.35. The molecule has 0 radical (unpaired) electrons. The van der Waals surface area contributed by atoms with Gasteiger partial charge in [0.15, 0.2) is 0 Å². The molecule has 0 spiro atoms. The van der Waals surface area contributed by atoms with Crippen molar-refractivity contribution in [3.63, 3.8) is 0 Å². The number of carbonyl (C=O) groups excluding carboxylic acids is 3.